The van der Waals surface area contributed by atoms with Crippen LogP contribution in [0.15, 0.2) is 0 Å². The van der Waals surface area contributed by atoms with E-state index >= 15 is 0 Å². The van der Waals surface area contributed by atoms with Crippen LogP contribution in [0.25, 0.3) is 0 Å². The van der Waals surface area contributed by atoms with Crippen molar-refractivity contribution in [1.29, 1.82) is 0 Å². The van der Waals surface area contributed by atoms with Gasteiger partial charge in [-0.05, 0) is 39.2 Å². The SMILES string of the molecule is CC(C)CC(C)(C(=O)O)N(C)C1CC1. The first kappa shape index (κ1) is 11.5. The number of nitrogens with zero attached hydrogens (tertiary/aromatic N) is 1. The molecule has 0 bridgehead atoms. The predicted octanol–water partition coefficient (Wildman–Crippen LogP) is 1.97. The molecule has 1 saturated carbocycles. The second-order valence-corrected chi connectivity index (χ2v) is 5.02. The van der Waals surface area contributed by atoms with Crippen molar-refractivity contribution in [3.63, 3.8) is 0 Å². The summed E-state index contributed by atoms with van der Waals surface area (Å²) in [5, 5.41) is 9.29. The number of rotatable bonds is 5. The van der Waals surface area contributed by atoms with Gasteiger partial charge in [0.2, 0.25) is 0 Å². The molecular weight excluding hydrogens is 178 g/mol. The van der Waals surface area contributed by atoms with Crippen molar-refractivity contribution >= 4 is 5.97 Å². The molecule has 0 amide bonds. The molecule has 0 heterocycles. The van der Waals surface area contributed by atoms with Crippen LogP contribution in [0.2, 0.25) is 0 Å². The van der Waals surface area contributed by atoms with Crippen LogP contribution < -0.4 is 0 Å². The Kier molecular flexibility index (Phi) is 3.20. The Hall–Kier alpha value is -0.570. The molecule has 0 aromatic rings. The topological polar surface area (TPSA) is 40.5 Å². The van der Waals surface area contributed by atoms with E-state index < -0.39 is 11.5 Å². The standard InChI is InChI=1S/C11H21NO2/c1-8(2)7-11(3,10(13)14)12(4)9-5-6-9/h8-9H,5-7H2,1-4H3,(H,13,14). The van der Waals surface area contributed by atoms with Gasteiger partial charge in [-0.3, -0.25) is 9.69 Å². The second-order valence-electron chi connectivity index (χ2n) is 5.02. The molecule has 3 nitrogen and oxygen atoms in total. The number of hydrogen-bond acceptors (Lipinski definition) is 2. The average Bonchev–Trinajstić information content (AvgIpc) is 2.83. The summed E-state index contributed by atoms with van der Waals surface area (Å²) in [4.78, 5) is 13.3. The van der Waals surface area contributed by atoms with Crippen molar-refractivity contribution in [2.24, 2.45) is 5.92 Å². The predicted molar refractivity (Wildman–Crippen MR) is 56.3 cm³/mol. The van der Waals surface area contributed by atoms with E-state index in [4.69, 9.17) is 0 Å². The van der Waals surface area contributed by atoms with Gasteiger partial charge in [-0.2, -0.15) is 0 Å². The minimum atomic E-state index is -0.694. The Labute approximate surface area is 86.1 Å². The van der Waals surface area contributed by atoms with Crippen LogP contribution in [-0.2, 0) is 4.79 Å². The summed E-state index contributed by atoms with van der Waals surface area (Å²) < 4.78 is 0. The molecule has 14 heavy (non-hydrogen) atoms. The zero-order chi connectivity index (χ0) is 10.9. The minimum absolute atomic E-state index is 0.414. The normalized spacial score (nSPS) is 21.3. The Bertz CT molecular complexity index is 223. The molecule has 1 aliphatic carbocycles. The van der Waals surface area contributed by atoms with E-state index in [9.17, 15) is 9.90 Å². The van der Waals surface area contributed by atoms with E-state index in [1.54, 1.807) is 0 Å². The third-order valence-electron chi connectivity index (χ3n) is 3.14. The quantitative estimate of drug-likeness (QED) is 0.736. The fraction of sp³-hybridized carbons (Fsp3) is 0.909. The number of carbonyl (C=O) groups is 1. The van der Waals surface area contributed by atoms with Gasteiger partial charge < -0.3 is 5.11 Å². The smallest absolute Gasteiger partial charge is 0.323 e. The van der Waals surface area contributed by atoms with E-state index in [1.807, 2.05) is 18.9 Å². The molecule has 0 aromatic heterocycles. The highest BCUT2D eigenvalue weighted by molar-refractivity contribution is 5.78. The molecule has 0 aliphatic heterocycles. The Morgan fingerprint density at radius 3 is 2.36 bits per heavy atom. The first-order chi connectivity index (χ1) is 6.38. The van der Waals surface area contributed by atoms with Gasteiger partial charge in [0.1, 0.15) is 5.54 Å². The average molecular weight is 199 g/mol. The summed E-state index contributed by atoms with van der Waals surface area (Å²) in [5.74, 6) is -0.280. The summed E-state index contributed by atoms with van der Waals surface area (Å²) in [6.45, 7) is 5.98. The van der Waals surface area contributed by atoms with Crippen LogP contribution in [0.1, 0.15) is 40.0 Å². The fourth-order valence-electron chi connectivity index (χ4n) is 2.04. The molecule has 3 heteroatoms. The lowest BCUT2D eigenvalue weighted by molar-refractivity contribution is -0.151. The fourth-order valence-corrected chi connectivity index (χ4v) is 2.04. The van der Waals surface area contributed by atoms with Crippen molar-refractivity contribution in [3.05, 3.63) is 0 Å². The van der Waals surface area contributed by atoms with E-state index in [0.29, 0.717) is 12.0 Å². The van der Waals surface area contributed by atoms with Crippen molar-refractivity contribution < 1.29 is 9.90 Å². The molecule has 0 saturated heterocycles. The highest BCUT2D eigenvalue weighted by Gasteiger charge is 2.44. The Balaban J connectivity index is 2.73. The molecule has 0 aromatic carbocycles. The third-order valence-corrected chi connectivity index (χ3v) is 3.14. The molecule has 1 aliphatic rings. The summed E-state index contributed by atoms with van der Waals surface area (Å²) in [6.07, 6.45) is 3.02. The summed E-state index contributed by atoms with van der Waals surface area (Å²) in [7, 11) is 1.94. The largest absolute Gasteiger partial charge is 0.480 e. The molecular formula is C11H21NO2. The van der Waals surface area contributed by atoms with Crippen LogP contribution in [0, 0.1) is 5.92 Å². The monoisotopic (exact) mass is 199 g/mol. The van der Waals surface area contributed by atoms with Gasteiger partial charge in [0.25, 0.3) is 0 Å². The van der Waals surface area contributed by atoms with E-state index in [0.717, 1.165) is 19.3 Å². The molecule has 1 N–H and O–H groups in total. The Morgan fingerprint density at radius 1 is 1.57 bits per heavy atom. The lowest BCUT2D eigenvalue weighted by atomic mass is 9.89. The lowest BCUT2D eigenvalue weighted by Crippen LogP contribution is -2.52. The van der Waals surface area contributed by atoms with Crippen molar-refractivity contribution in [2.45, 2.75) is 51.6 Å². The van der Waals surface area contributed by atoms with Gasteiger partial charge in [0, 0.05) is 6.04 Å². The maximum absolute atomic E-state index is 11.3. The maximum atomic E-state index is 11.3. The van der Waals surface area contributed by atoms with Gasteiger partial charge in [0.05, 0.1) is 0 Å². The lowest BCUT2D eigenvalue weighted by Gasteiger charge is -2.36. The van der Waals surface area contributed by atoms with Crippen LogP contribution >= 0.6 is 0 Å². The van der Waals surface area contributed by atoms with Gasteiger partial charge in [-0.15, -0.1) is 0 Å². The van der Waals surface area contributed by atoms with Crippen LogP contribution in [0.3, 0.4) is 0 Å². The number of carboxylic acid groups (broad SMARTS) is 1. The molecule has 0 radical (unpaired) electrons. The number of hydrogen-bond donors (Lipinski definition) is 1. The van der Waals surface area contributed by atoms with E-state index in [1.165, 1.54) is 0 Å². The van der Waals surface area contributed by atoms with Crippen molar-refractivity contribution in [2.75, 3.05) is 7.05 Å². The zero-order valence-electron chi connectivity index (χ0n) is 9.58. The van der Waals surface area contributed by atoms with Crippen LogP contribution in [0.5, 0.6) is 0 Å². The summed E-state index contributed by atoms with van der Waals surface area (Å²) in [5.41, 5.74) is -0.685. The van der Waals surface area contributed by atoms with E-state index in [-0.39, 0.29) is 0 Å². The molecule has 1 atom stereocenters. The van der Waals surface area contributed by atoms with Gasteiger partial charge >= 0.3 is 5.97 Å². The van der Waals surface area contributed by atoms with Gasteiger partial charge in [-0.1, -0.05) is 13.8 Å². The number of likely N-dealkylation sites (N-methyl/N-ethyl adjacent to an activating group) is 1. The second kappa shape index (κ2) is 3.89. The van der Waals surface area contributed by atoms with E-state index in [2.05, 4.69) is 13.8 Å². The highest BCUT2D eigenvalue weighted by Crippen LogP contribution is 2.34. The number of aliphatic carboxylic acids is 1. The first-order valence-electron chi connectivity index (χ1n) is 5.34. The molecule has 0 spiro atoms. The van der Waals surface area contributed by atoms with Crippen molar-refractivity contribution in [1.82, 2.24) is 4.90 Å². The highest BCUT2D eigenvalue weighted by atomic mass is 16.4. The third kappa shape index (κ3) is 2.27. The Morgan fingerprint density at radius 2 is 2.07 bits per heavy atom. The zero-order valence-corrected chi connectivity index (χ0v) is 9.58. The molecule has 1 unspecified atom stereocenters. The van der Waals surface area contributed by atoms with Crippen LogP contribution in [0.4, 0.5) is 0 Å². The molecule has 1 fully saturated rings. The maximum Gasteiger partial charge on any atom is 0.323 e. The molecule has 1 rings (SSSR count). The van der Waals surface area contributed by atoms with Crippen LogP contribution in [-0.4, -0.2) is 34.6 Å². The minimum Gasteiger partial charge on any atom is -0.480 e. The van der Waals surface area contributed by atoms with Gasteiger partial charge in [0.15, 0.2) is 0 Å². The molecule has 82 valence electrons. The first-order valence-corrected chi connectivity index (χ1v) is 5.34. The van der Waals surface area contributed by atoms with Gasteiger partial charge in [-0.25, -0.2) is 0 Å². The summed E-state index contributed by atoms with van der Waals surface area (Å²) >= 11 is 0. The number of carboxylic acids is 1. The van der Waals surface area contributed by atoms with Crippen molar-refractivity contribution in [3.8, 4) is 0 Å². The summed E-state index contributed by atoms with van der Waals surface area (Å²) in [6, 6.07) is 0.495.